The van der Waals surface area contributed by atoms with Gasteiger partial charge in [-0.2, -0.15) is 10.5 Å². The summed E-state index contributed by atoms with van der Waals surface area (Å²) in [5.41, 5.74) is -1.02. The highest BCUT2D eigenvalue weighted by atomic mass is 16.6. The third-order valence-corrected chi connectivity index (χ3v) is 5.36. The number of nitriles is 2. The molecule has 0 saturated heterocycles. The maximum absolute atomic E-state index is 11.8. The zero-order valence-corrected chi connectivity index (χ0v) is 24.7. The van der Waals surface area contributed by atoms with Crippen molar-refractivity contribution in [1.29, 1.82) is 10.5 Å². The van der Waals surface area contributed by atoms with Crippen molar-refractivity contribution in [1.82, 2.24) is 20.4 Å². The highest BCUT2D eigenvalue weighted by molar-refractivity contribution is 5.67. The first-order chi connectivity index (χ1) is 17.9. The average molecular weight is 537 g/mol. The highest BCUT2D eigenvalue weighted by Crippen LogP contribution is 2.08. The van der Waals surface area contributed by atoms with Gasteiger partial charge in [0.2, 0.25) is 0 Å². The lowest BCUT2D eigenvalue weighted by Crippen LogP contribution is -2.35. The minimum absolute atomic E-state index is 0.397. The molecule has 0 saturated carbocycles. The van der Waals surface area contributed by atoms with Crippen LogP contribution in [-0.4, -0.2) is 85.5 Å². The number of amides is 2. The Bertz CT molecular complexity index is 672. The molecule has 0 aromatic carbocycles. The van der Waals surface area contributed by atoms with Crippen molar-refractivity contribution in [3.63, 3.8) is 0 Å². The van der Waals surface area contributed by atoms with Gasteiger partial charge in [-0.25, -0.2) is 9.59 Å². The van der Waals surface area contributed by atoms with E-state index in [4.69, 9.17) is 20.0 Å². The fourth-order valence-electron chi connectivity index (χ4n) is 3.72. The van der Waals surface area contributed by atoms with Gasteiger partial charge in [-0.05, 0) is 119 Å². The standard InChI is InChI=1S/C28H52N6O4/c1-27(2,3)37-25(35)31-17-13-23-33(19-9-7-15-29)21-11-12-22-34(20-10-8-16-30)24-14-18-32-26(36)38-28(4,5)6/h7-14,17-24H2,1-6H3,(H,31,35)(H,32,36). The minimum atomic E-state index is -0.509. The number of unbranched alkanes of at least 4 members (excludes halogenated alkanes) is 3. The Hall–Kier alpha value is -2.56. The Morgan fingerprint density at radius 3 is 1.24 bits per heavy atom. The SMILES string of the molecule is CC(C)(C)OC(=O)NCCCN(CCCC#N)CCCCN(CCCC#N)CCCNC(=O)OC(C)(C)C. The first-order valence-electron chi connectivity index (χ1n) is 14.0. The van der Waals surface area contributed by atoms with Crippen LogP contribution in [0, 0.1) is 22.7 Å². The second-order valence-corrected chi connectivity index (χ2v) is 11.5. The second-order valence-electron chi connectivity index (χ2n) is 11.5. The Morgan fingerprint density at radius 1 is 0.605 bits per heavy atom. The van der Waals surface area contributed by atoms with E-state index in [1.54, 1.807) is 0 Å². The summed E-state index contributed by atoms with van der Waals surface area (Å²) in [7, 11) is 0. The molecule has 0 radical (unpaired) electrons. The van der Waals surface area contributed by atoms with E-state index in [2.05, 4.69) is 32.6 Å². The maximum Gasteiger partial charge on any atom is 0.407 e. The van der Waals surface area contributed by atoms with Gasteiger partial charge >= 0.3 is 12.2 Å². The number of carbonyl (C=O) groups is 2. The molecule has 0 heterocycles. The molecule has 0 aliphatic heterocycles. The van der Waals surface area contributed by atoms with E-state index in [9.17, 15) is 9.59 Å². The molecule has 0 spiro atoms. The summed E-state index contributed by atoms with van der Waals surface area (Å²) < 4.78 is 10.6. The molecule has 0 bridgehead atoms. The zero-order chi connectivity index (χ0) is 28.9. The first kappa shape index (κ1) is 35.4. The van der Waals surface area contributed by atoms with Gasteiger partial charge < -0.3 is 29.9 Å². The van der Waals surface area contributed by atoms with Gasteiger partial charge in [-0.3, -0.25) is 0 Å². The van der Waals surface area contributed by atoms with E-state index in [1.165, 1.54) is 0 Å². The number of ether oxygens (including phenoxy) is 2. The average Bonchev–Trinajstić information content (AvgIpc) is 2.79. The van der Waals surface area contributed by atoms with Crippen molar-refractivity contribution in [2.75, 3.05) is 52.4 Å². The highest BCUT2D eigenvalue weighted by Gasteiger charge is 2.16. The van der Waals surface area contributed by atoms with Gasteiger partial charge in [0.25, 0.3) is 0 Å². The number of carbonyl (C=O) groups excluding carboxylic acids is 2. The smallest absolute Gasteiger partial charge is 0.407 e. The van der Waals surface area contributed by atoms with Crippen molar-refractivity contribution in [2.45, 2.75) is 104 Å². The van der Waals surface area contributed by atoms with Crippen molar-refractivity contribution < 1.29 is 19.1 Å². The summed E-state index contributed by atoms with van der Waals surface area (Å²) in [5.74, 6) is 0. The van der Waals surface area contributed by atoms with Gasteiger partial charge in [0, 0.05) is 25.9 Å². The second kappa shape index (κ2) is 20.4. The molecule has 0 atom stereocenters. The first-order valence-corrected chi connectivity index (χ1v) is 14.0. The summed E-state index contributed by atoms with van der Waals surface area (Å²) in [6.07, 6.45) is 5.63. The molecular formula is C28H52N6O4. The van der Waals surface area contributed by atoms with Gasteiger partial charge in [0.15, 0.2) is 0 Å². The summed E-state index contributed by atoms with van der Waals surface area (Å²) in [6, 6.07) is 4.42. The van der Waals surface area contributed by atoms with Crippen LogP contribution in [0.2, 0.25) is 0 Å². The van der Waals surface area contributed by atoms with Gasteiger partial charge in [0.05, 0.1) is 12.1 Å². The molecule has 0 aliphatic carbocycles. The summed E-state index contributed by atoms with van der Waals surface area (Å²) in [6.45, 7) is 17.5. The van der Waals surface area contributed by atoms with E-state index in [0.717, 1.165) is 77.8 Å². The molecule has 0 rings (SSSR count). The van der Waals surface area contributed by atoms with Crippen LogP contribution >= 0.6 is 0 Å². The Kier molecular flexibility index (Phi) is 19.0. The molecular weight excluding hydrogens is 484 g/mol. The van der Waals surface area contributed by atoms with Gasteiger partial charge in [-0.1, -0.05) is 0 Å². The van der Waals surface area contributed by atoms with Crippen LogP contribution < -0.4 is 10.6 Å². The van der Waals surface area contributed by atoms with E-state index >= 15 is 0 Å². The van der Waals surface area contributed by atoms with Gasteiger partial charge in [-0.15, -0.1) is 0 Å². The van der Waals surface area contributed by atoms with Crippen LogP contribution in [0.4, 0.5) is 9.59 Å². The number of rotatable bonds is 19. The predicted octanol–water partition coefficient (Wildman–Crippen LogP) is 4.81. The zero-order valence-electron chi connectivity index (χ0n) is 24.7. The molecule has 218 valence electrons. The largest absolute Gasteiger partial charge is 0.444 e. The van der Waals surface area contributed by atoms with Crippen LogP contribution in [0.15, 0.2) is 0 Å². The fraction of sp³-hybridized carbons (Fsp3) is 0.857. The Balaban J connectivity index is 4.46. The van der Waals surface area contributed by atoms with Crippen molar-refractivity contribution in [2.24, 2.45) is 0 Å². The molecule has 2 amide bonds. The van der Waals surface area contributed by atoms with Crippen molar-refractivity contribution in [3.8, 4) is 12.1 Å². The van der Waals surface area contributed by atoms with Gasteiger partial charge in [0.1, 0.15) is 11.2 Å². The monoisotopic (exact) mass is 536 g/mol. The lowest BCUT2D eigenvalue weighted by Gasteiger charge is -2.25. The predicted molar refractivity (Wildman–Crippen MR) is 150 cm³/mol. The third kappa shape index (κ3) is 23.8. The summed E-state index contributed by atoms with van der Waals surface area (Å²) in [5, 5.41) is 23.4. The summed E-state index contributed by atoms with van der Waals surface area (Å²) >= 11 is 0. The Labute approximate surface area is 231 Å². The quantitative estimate of drug-likeness (QED) is 0.225. The minimum Gasteiger partial charge on any atom is -0.444 e. The molecule has 0 aromatic rings. The molecule has 10 heteroatoms. The fourth-order valence-corrected chi connectivity index (χ4v) is 3.72. The van der Waals surface area contributed by atoms with Crippen LogP contribution in [0.25, 0.3) is 0 Å². The summed E-state index contributed by atoms with van der Waals surface area (Å²) in [4.78, 5) is 28.4. The van der Waals surface area contributed by atoms with E-state index in [1.807, 2.05) is 41.5 Å². The van der Waals surface area contributed by atoms with Crippen LogP contribution in [0.3, 0.4) is 0 Å². The number of nitrogens with zero attached hydrogens (tertiary/aromatic N) is 4. The number of hydrogen-bond donors (Lipinski definition) is 2. The molecule has 0 fully saturated rings. The number of hydrogen-bond acceptors (Lipinski definition) is 8. The number of alkyl carbamates (subject to hydrolysis) is 2. The van der Waals surface area contributed by atoms with E-state index < -0.39 is 23.4 Å². The van der Waals surface area contributed by atoms with Crippen LogP contribution in [-0.2, 0) is 9.47 Å². The molecule has 0 aliphatic rings. The topological polar surface area (TPSA) is 131 Å². The van der Waals surface area contributed by atoms with E-state index in [0.29, 0.717) is 25.9 Å². The van der Waals surface area contributed by atoms with Crippen molar-refractivity contribution >= 4 is 12.2 Å². The van der Waals surface area contributed by atoms with Crippen LogP contribution in [0.5, 0.6) is 0 Å². The third-order valence-electron chi connectivity index (χ3n) is 5.36. The molecule has 0 unspecified atom stereocenters. The Morgan fingerprint density at radius 2 is 0.921 bits per heavy atom. The van der Waals surface area contributed by atoms with Crippen LogP contribution in [0.1, 0.15) is 92.9 Å². The maximum atomic E-state index is 11.8. The lowest BCUT2D eigenvalue weighted by molar-refractivity contribution is 0.0513. The lowest BCUT2D eigenvalue weighted by atomic mass is 10.2. The molecule has 0 aromatic heterocycles. The van der Waals surface area contributed by atoms with Crippen molar-refractivity contribution in [3.05, 3.63) is 0 Å². The normalized spacial score (nSPS) is 11.6. The molecule has 2 N–H and O–H groups in total. The molecule has 38 heavy (non-hydrogen) atoms. The number of nitrogens with one attached hydrogen (secondary N) is 2. The molecule has 10 nitrogen and oxygen atoms in total. The van der Waals surface area contributed by atoms with E-state index in [-0.39, 0.29) is 0 Å².